The molecule has 1 aromatic heterocycles. The van der Waals surface area contributed by atoms with E-state index in [4.69, 9.17) is 0 Å². The third-order valence-electron chi connectivity index (χ3n) is 2.71. The molecule has 0 amide bonds. The molecule has 0 aromatic carbocycles. The predicted molar refractivity (Wildman–Crippen MR) is 63.3 cm³/mol. The van der Waals surface area contributed by atoms with Crippen LogP contribution >= 0.6 is 0 Å². The van der Waals surface area contributed by atoms with Crippen LogP contribution in [0.2, 0.25) is 0 Å². The Morgan fingerprint density at radius 3 is 2.94 bits per heavy atom. The lowest BCUT2D eigenvalue weighted by molar-refractivity contribution is 0.577. The molecule has 0 saturated heterocycles. The monoisotopic (exact) mass is 221 g/mol. The van der Waals surface area contributed by atoms with E-state index in [2.05, 4.69) is 29.1 Å². The van der Waals surface area contributed by atoms with Gasteiger partial charge in [-0.2, -0.15) is 0 Å². The van der Waals surface area contributed by atoms with Crippen molar-refractivity contribution < 1.29 is 0 Å². The number of rotatable bonds is 5. The third kappa shape index (κ3) is 3.45. The molecular weight excluding hydrogens is 202 g/mol. The predicted octanol–water partition coefficient (Wildman–Crippen LogP) is 1.22. The molecule has 1 aliphatic rings. The first-order valence-electron chi connectivity index (χ1n) is 5.96. The second-order valence-corrected chi connectivity index (χ2v) is 4.87. The van der Waals surface area contributed by atoms with Gasteiger partial charge >= 0.3 is 0 Å². The van der Waals surface area contributed by atoms with E-state index in [0.717, 1.165) is 23.9 Å². The van der Waals surface area contributed by atoms with Gasteiger partial charge in [-0.15, -0.1) is 0 Å². The molecule has 0 atom stereocenters. The Balaban J connectivity index is 2.05. The fourth-order valence-corrected chi connectivity index (χ4v) is 1.65. The molecule has 1 aliphatic carbocycles. The van der Waals surface area contributed by atoms with E-state index in [1.807, 2.05) is 0 Å². The number of nitrogens with one attached hydrogen (secondary N) is 2. The van der Waals surface area contributed by atoms with Crippen molar-refractivity contribution in [3.8, 4) is 0 Å². The Kier molecular flexibility index (Phi) is 3.39. The fraction of sp³-hybridized carbons (Fsp3) is 0.667. The van der Waals surface area contributed by atoms with Crippen molar-refractivity contribution in [1.29, 1.82) is 0 Å². The van der Waals surface area contributed by atoms with E-state index in [0.29, 0.717) is 12.6 Å². The summed E-state index contributed by atoms with van der Waals surface area (Å²) in [5.74, 6) is 1.59. The normalized spacial score (nSPS) is 15.7. The molecule has 0 aliphatic heterocycles. The van der Waals surface area contributed by atoms with Crippen molar-refractivity contribution in [2.45, 2.75) is 45.7 Å². The Bertz CT molecular complexity index is 407. The van der Waals surface area contributed by atoms with Gasteiger partial charge in [0.25, 0.3) is 5.56 Å². The molecule has 16 heavy (non-hydrogen) atoms. The summed E-state index contributed by atoms with van der Waals surface area (Å²) >= 11 is 0. The minimum Gasteiger partial charge on any atom is -0.311 e. The summed E-state index contributed by atoms with van der Waals surface area (Å²) in [6.45, 7) is 4.83. The van der Waals surface area contributed by atoms with Gasteiger partial charge < -0.3 is 10.3 Å². The highest BCUT2D eigenvalue weighted by atomic mass is 16.1. The molecule has 4 nitrogen and oxygen atoms in total. The highest BCUT2D eigenvalue weighted by Crippen LogP contribution is 2.31. The minimum atomic E-state index is -0.0359. The molecule has 2 N–H and O–H groups in total. The first-order valence-corrected chi connectivity index (χ1v) is 5.96. The van der Waals surface area contributed by atoms with Gasteiger partial charge in [0.1, 0.15) is 5.82 Å². The molecular formula is C12H19N3O. The Morgan fingerprint density at radius 1 is 1.56 bits per heavy atom. The van der Waals surface area contributed by atoms with Gasteiger partial charge in [0.05, 0.1) is 5.69 Å². The zero-order valence-electron chi connectivity index (χ0n) is 9.92. The molecule has 0 spiro atoms. The maximum Gasteiger partial charge on any atom is 0.251 e. The lowest BCUT2D eigenvalue weighted by Gasteiger charge is -2.08. The van der Waals surface area contributed by atoms with Crippen LogP contribution in [0.25, 0.3) is 0 Å². The van der Waals surface area contributed by atoms with Gasteiger partial charge in [-0.05, 0) is 18.8 Å². The van der Waals surface area contributed by atoms with E-state index < -0.39 is 0 Å². The summed E-state index contributed by atoms with van der Waals surface area (Å²) < 4.78 is 0. The number of aromatic amines is 1. The maximum absolute atomic E-state index is 11.4. The number of aromatic nitrogens is 2. The van der Waals surface area contributed by atoms with Gasteiger partial charge in [0.2, 0.25) is 0 Å². The zero-order valence-corrected chi connectivity index (χ0v) is 9.92. The molecule has 0 radical (unpaired) electrons. The van der Waals surface area contributed by atoms with Gasteiger partial charge in [-0.1, -0.05) is 13.8 Å². The maximum atomic E-state index is 11.4. The average molecular weight is 221 g/mol. The molecule has 4 heteroatoms. The topological polar surface area (TPSA) is 57.8 Å². The number of hydrogen-bond acceptors (Lipinski definition) is 3. The summed E-state index contributed by atoms with van der Waals surface area (Å²) in [5.41, 5.74) is 0.805. The van der Waals surface area contributed by atoms with E-state index in [9.17, 15) is 4.79 Å². The van der Waals surface area contributed by atoms with Crippen LogP contribution in [0.15, 0.2) is 10.9 Å². The van der Waals surface area contributed by atoms with E-state index >= 15 is 0 Å². The molecule has 0 bridgehead atoms. The van der Waals surface area contributed by atoms with Crippen molar-refractivity contribution in [3.63, 3.8) is 0 Å². The number of nitrogens with zero attached hydrogens (tertiary/aromatic N) is 1. The summed E-state index contributed by atoms with van der Waals surface area (Å²) in [5, 5.41) is 3.27. The highest BCUT2D eigenvalue weighted by molar-refractivity contribution is 5.04. The lowest BCUT2D eigenvalue weighted by Crippen LogP contribution is -2.24. The van der Waals surface area contributed by atoms with Crippen molar-refractivity contribution >= 4 is 0 Å². The molecule has 88 valence electrons. The van der Waals surface area contributed by atoms with Gasteiger partial charge in [-0.3, -0.25) is 4.79 Å². The van der Waals surface area contributed by atoms with Crippen LogP contribution in [0.3, 0.4) is 0 Å². The Morgan fingerprint density at radius 2 is 2.31 bits per heavy atom. The number of H-pyrrole nitrogens is 1. The second kappa shape index (κ2) is 4.78. The Labute approximate surface area is 95.5 Å². The molecule has 1 heterocycles. The van der Waals surface area contributed by atoms with Crippen molar-refractivity contribution in [1.82, 2.24) is 15.3 Å². The summed E-state index contributed by atoms with van der Waals surface area (Å²) in [7, 11) is 0. The highest BCUT2D eigenvalue weighted by Gasteiger charge is 2.22. The van der Waals surface area contributed by atoms with Crippen LogP contribution in [0.1, 0.15) is 38.2 Å². The van der Waals surface area contributed by atoms with Gasteiger partial charge in [-0.25, -0.2) is 4.98 Å². The fourth-order valence-electron chi connectivity index (χ4n) is 1.65. The second-order valence-electron chi connectivity index (χ2n) is 4.87. The molecule has 1 saturated carbocycles. The lowest BCUT2D eigenvalue weighted by atomic mass is 10.2. The number of hydrogen-bond donors (Lipinski definition) is 2. The van der Waals surface area contributed by atoms with E-state index in [1.165, 1.54) is 12.8 Å². The van der Waals surface area contributed by atoms with Crippen LogP contribution < -0.4 is 10.9 Å². The summed E-state index contributed by atoms with van der Waals surface area (Å²) in [6, 6.07) is 1.99. The van der Waals surface area contributed by atoms with Gasteiger partial charge in [0, 0.05) is 25.1 Å². The quantitative estimate of drug-likeness (QED) is 0.786. The van der Waals surface area contributed by atoms with Crippen molar-refractivity contribution in [3.05, 3.63) is 27.9 Å². The Hall–Kier alpha value is -1.16. The van der Waals surface area contributed by atoms with E-state index in [1.54, 1.807) is 6.07 Å². The SMILES string of the molecule is CC(C)NCc1cc(=O)[nH]c(CC2CC2)n1. The average Bonchev–Trinajstić information content (AvgIpc) is 2.98. The van der Waals surface area contributed by atoms with Crippen LogP contribution in [-0.4, -0.2) is 16.0 Å². The van der Waals surface area contributed by atoms with Gasteiger partial charge in [0.15, 0.2) is 0 Å². The summed E-state index contributed by atoms with van der Waals surface area (Å²) in [4.78, 5) is 18.7. The third-order valence-corrected chi connectivity index (χ3v) is 2.71. The zero-order chi connectivity index (χ0) is 11.5. The first kappa shape index (κ1) is 11.3. The minimum absolute atomic E-state index is 0.0359. The standard InChI is InChI=1S/C12H19N3O/c1-8(2)13-7-10-6-12(16)15-11(14-10)5-9-3-4-9/h6,8-9,13H,3-5,7H2,1-2H3,(H,14,15,16). The van der Waals surface area contributed by atoms with Crippen LogP contribution in [0.4, 0.5) is 0 Å². The van der Waals surface area contributed by atoms with Crippen molar-refractivity contribution in [2.75, 3.05) is 0 Å². The molecule has 2 rings (SSSR count). The first-order chi connectivity index (χ1) is 7.63. The molecule has 0 unspecified atom stereocenters. The molecule has 1 fully saturated rings. The largest absolute Gasteiger partial charge is 0.311 e. The van der Waals surface area contributed by atoms with E-state index in [-0.39, 0.29) is 5.56 Å². The van der Waals surface area contributed by atoms with Crippen LogP contribution in [-0.2, 0) is 13.0 Å². The molecule has 1 aromatic rings. The summed E-state index contributed by atoms with van der Waals surface area (Å²) in [6.07, 6.45) is 3.47. The van der Waals surface area contributed by atoms with Crippen LogP contribution in [0.5, 0.6) is 0 Å². The van der Waals surface area contributed by atoms with Crippen molar-refractivity contribution in [2.24, 2.45) is 5.92 Å². The van der Waals surface area contributed by atoms with Crippen LogP contribution in [0, 0.1) is 5.92 Å². The smallest absolute Gasteiger partial charge is 0.251 e.